The van der Waals surface area contributed by atoms with Crippen LogP contribution in [0.1, 0.15) is 0 Å². The molecule has 0 aromatic heterocycles. The first-order chi connectivity index (χ1) is 3.79. The summed E-state index contributed by atoms with van der Waals surface area (Å²) in [4.78, 5) is 20.2. The summed E-state index contributed by atoms with van der Waals surface area (Å²) in [7, 11) is 0. The van der Waals surface area contributed by atoms with Gasteiger partial charge < -0.3 is 9.47 Å². The first-order valence-electron chi connectivity index (χ1n) is 2.10. The van der Waals surface area contributed by atoms with Crippen molar-refractivity contribution >= 4 is 63.3 Å². The molecule has 0 N–H and O–H groups in total. The van der Waals surface area contributed by atoms with E-state index >= 15 is 0 Å². The third-order valence-electron chi connectivity index (χ3n) is 0.702. The molecule has 0 aromatic carbocycles. The molecule has 0 bridgehead atoms. The molecule has 1 aliphatic heterocycles. The molecule has 9 heavy (non-hydrogen) atoms. The van der Waals surface area contributed by atoms with Gasteiger partial charge in [0.1, 0.15) is 0 Å². The summed E-state index contributed by atoms with van der Waals surface area (Å²) < 4.78 is 8.55. The molecule has 0 radical (unpaired) electrons. The predicted molar refractivity (Wildman–Crippen MR) is 29.1 cm³/mol. The zero-order valence-corrected chi connectivity index (χ0v) is 4.05. The number of ether oxygens (including phenoxy) is 2. The van der Waals surface area contributed by atoms with Gasteiger partial charge in [-0.3, -0.25) is 0 Å². The van der Waals surface area contributed by atoms with E-state index in [1.54, 1.807) is 0 Å². The van der Waals surface area contributed by atoms with E-state index in [1.807, 2.05) is 0 Å². The molecule has 5 heteroatoms. The number of hydrogen-bond acceptors (Lipinski definition) is 4. The predicted octanol–water partition coefficient (Wildman–Crippen LogP) is -1.56. The molecule has 0 spiro atoms. The van der Waals surface area contributed by atoms with Crippen molar-refractivity contribution in [2.75, 3.05) is 13.2 Å². The number of hydrogen-bond donors (Lipinski definition) is 0. The maximum absolute atomic E-state index is 10.1. The summed E-state index contributed by atoms with van der Waals surface area (Å²) in [5.74, 6) is -0.964. The molecule has 1 fully saturated rings. The fourth-order valence-electron chi connectivity index (χ4n) is 0.362. The van der Waals surface area contributed by atoms with Crippen LogP contribution in [0.2, 0.25) is 0 Å². The van der Waals surface area contributed by atoms with Gasteiger partial charge >= 0.3 is 63.3 Å². The summed E-state index contributed by atoms with van der Waals surface area (Å²) in [6.45, 7) is -0.475. The van der Waals surface area contributed by atoms with E-state index in [2.05, 4.69) is 9.47 Å². The molecular weight excluding hydrogens is 151 g/mol. The first-order valence-corrected chi connectivity index (χ1v) is 2.10. The summed E-state index contributed by atoms with van der Waals surface area (Å²) in [6.07, 6.45) is 0. The van der Waals surface area contributed by atoms with Gasteiger partial charge in [0.05, 0.1) is 0 Å². The second-order valence-electron chi connectivity index (χ2n) is 1.32. The van der Waals surface area contributed by atoms with Gasteiger partial charge in [0, 0.05) is 0 Å². The van der Waals surface area contributed by atoms with Crippen molar-refractivity contribution in [2.45, 2.75) is 0 Å². The van der Waals surface area contributed by atoms with Crippen LogP contribution in [-0.4, -0.2) is 76.5 Å². The minimum atomic E-state index is -0.482. The summed E-state index contributed by atoms with van der Waals surface area (Å²) in [5, 5.41) is 0. The molecule has 0 aliphatic carbocycles. The Morgan fingerprint density at radius 1 is 1.00 bits per heavy atom. The topological polar surface area (TPSA) is 52.6 Å². The van der Waals surface area contributed by atoms with Crippen LogP contribution in [0.5, 0.6) is 0 Å². The van der Waals surface area contributed by atoms with Crippen molar-refractivity contribution in [1.29, 1.82) is 0 Å². The fraction of sp³-hybridized carbons (Fsp3) is 0.500. The number of cyclic esters (lactones) is 2. The molecule has 1 rings (SSSR count). The Labute approximate surface area is 94.3 Å². The van der Waals surface area contributed by atoms with Crippen LogP contribution >= 0.6 is 0 Å². The molecule has 0 saturated carbocycles. The van der Waals surface area contributed by atoms with Gasteiger partial charge in [0.25, 0.3) is 0 Å². The first kappa shape index (κ1) is 9.58. The van der Waals surface area contributed by atoms with Crippen molar-refractivity contribution in [3.8, 4) is 0 Å². The molecule has 1 saturated heterocycles. The third kappa shape index (κ3) is 3.32. The van der Waals surface area contributed by atoms with Crippen LogP contribution in [-0.2, 0) is 19.1 Å². The average Bonchev–Trinajstić information content (AvgIpc) is 1.77. The van der Waals surface area contributed by atoms with E-state index in [0.717, 1.165) is 0 Å². The van der Waals surface area contributed by atoms with Crippen molar-refractivity contribution < 1.29 is 19.1 Å². The second-order valence-corrected chi connectivity index (χ2v) is 1.32. The summed E-state index contributed by atoms with van der Waals surface area (Å²) in [5.41, 5.74) is 0. The van der Waals surface area contributed by atoms with E-state index in [1.165, 1.54) is 0 Å². The van der Waals surface area contributed by atoms with Gasteiger partial charge in [0.15, 0.2) is 13.2 Å². The molecular formula is C4H5KO4. The van der Waals surface area contributed by atoms with Crippen molar-refractivity contribution in [2.24, 2.45) is 0 Å². The summed E-state index contributed by atoms with van der Waals surface area (Å²) in [6, 6.07) is 0. The Morgan fingerprint density at radius 3 is 1.56 bits per heavy atom. The second kappa shape index (κ2) is 4.40. The molecule has 4 nitrogen and oxygen atoms in total. The number of carbonyl (C=O) groups is 2. The van der Waals surface area contributed by atoms with Gasteiger partial charge in [-0.2, -0.15) is 0 Å². The van der Waals surface area contributed by atoms with Crippen LogP contribution in [0.3, 0.4) is 0 Å². The fourth-order valence-corrected chi connectivity index (χ4v) is 0.362. The van der Waals surface area contributed by atoms with Crippen molar-refractivity contribution in [3.05, 3.63) is 0 Å². The molecule has 0 aromatic rings. The van der Waals surface area contributed by atoms with Crippen molar-refractivity contribution in [3.63, 3.8) is 0 Å². The average molecular weight is 156 g/mol. The van der Waals surface area contributed by atoms with Gasteiger partial charge in [-0.1, -0.05) is 0 Å². The van der Waals surface area contributed by atoms with Crippen molar-refractivity contribution in [1.82, 2.24) is 0 Å². The normalized spacial score (nSPS) is 17.3. The van der Waals surface area contributed by atoms with E-state index in [0.29, 0.717) is 0 Å². The third-order valence-corrected chi connectivity index (χ3v) is 0.702. The Balaban J connectivity index is 0.000000640. The van der Waals surface area contributed by atoms with Gasteiger partial charge in [-0.05, 0) is 0 Å². The van der Waals surface area contributed by atoms with Crippen LogP contribution in [0, 0.1) is 0 Å². The van der Waals surface area contributed by atoms with E-state index < -0.39 is 11.9 Å². The molecule has 0 amide bonds. The maximum atomic E-state index is 10.1. The van der Waals surface area contributed by atoms with E-state index in [-0.39, 0.29) is 64.6 Å². The van der Waals surface area contributed by atoms with Crippen LogP contribution in [0.25, 0.3) is 0 Å². The number of rotatable bonds is 0. The molecule has 0 unspecified atom stereocenters. The van der Waals surface area contributed by atoms with E-state index in [4.69, 9.17) is 0 Å². The number of esters is 2. The SMILES string of the molecule is O=C1COC(=O)CO1.[KH]. The quantitative estimate of drug-likeness (QED) is 0.314. The Bertz CT molecular complexity index is 105. The van der Waals surface area contributed by atoms with Gasteiger partial charge in [0.2, 0.25) is 0 Å². The Hall–Kier alpha value is 0.576. The zero-order chi connectivity index (χ0) is 5.98. The molecule has 0 atom stereocenters. The van der Waals surface area contributed by atoms with Gasteiger partial charge in [-0.15, -0.1) is 0 Å². The monoisotopic (exact) mass is 156 g/mol. The van der Waals surface area contributed by atoms with Crippen LogP contribution < -0.4 is 0 Å². The molecule has 1 aliphatic rings. The molecule has 46 valence electrons. The van der Waals surface area contributed by atoms with Crippen LogP contribution in [0.4, 0.5) is 0 Å². The molecule has 1 heterocycles. The summed E-state index contributed by atoms with van der Waals surface area (Å²) >= 11 is 0. The zero-order valence-electron chi connectivity index (χ0n) is 4.05. The van der Waals surface area contributed by atoms with Gasteiger partial charge in [-0.25, -0.2) is 9.59 Å². The number of carbonyl (C=O) groups excluding carboxylic acids is 2. The van der Waals surface area contributed by atoms with E-state index in [9.17, 15) is 9.59 Å². The van der Waals surface area contributed by atoms with Crippen LogP contribution in [0.15, 0.2) is 0 Å². The Kier molecular flexibility index (Phi) is 4.68. The Morgan fingerprint density at radius 2 is 1.33 bits per heavy atom. The standard InChI is InChI=1S/C4H4O4.K.H/c5-3-1-7-4(6)2-8-3;;/h1-2H2;;. The minimum absolute atomic E-state index is 0.